The van der Waals surface area contributed by atoms with Gasteiger partial charge in [0.25, 0.3) is 0 Å². The lowest BCUT2D eigenvalue weighted by atomic mass is 9.84. The van der Waals surface area contributed by atoms with Crippen molar-refractivity contribution in [1.82, 2.24) is 0 Å². The molecule has 19 heavy (non-hydrogen) atoms. The van der Waals surface area contributed by atoms with Gasteiger partial charge in [-0.05, 0) is 45.4 Å². The summed E-state index contributed by atoms with van der Waals surface area (Å²) in [6.07, 6.45) is 0.920. The van der Waals surface area contributed by atoms with Crippen LogP contribution in [0.15, 0.2) is 12.2 Å². The lowest BCUT2D eigenvalue weighted by Gasteiger charge is -2.24. The van der Waals surface area contributed by atoms with Crippen LogP contribution in [0, 0.1) is 17.3 Å². The summed E-state index contributed by atoms with van der Waals surface area (Å²) in [4.78, 5) is 24.5. The summed E-state index contributed by atoms with van der Waals surface area (Å²) in [6, 6.07) is 0. The van der Waals surface area contributed by atoms with Crippen LogP contribution in [0.2, 0.25) is 0 Å². The van der Waals surface area contributed by atoms with Gasteiger partial charge < -0.3 is 9.47 Å². The van der Waals surface area contributed by atoms with Crippen LogP contribution in [0.3, 0.4) is 0 Å². The molecule has 108 valence electrons. The molecule has 4 heteroatoms. The van der Waals surface area contributed by atoms with Crippen molar-refractivity contribution in [2.24, 2.45) is 17.3 Å². The first-order valence-electron chi connectivity index (χ1n) is 6.88. The number of carbonyl (C=O) groups excluding carboxylic acids is 2. The zero-order valence-corrected chi connectivity index (χ0v) is 12.3. The van der Waals surface area contributed by atoms with Crippen molar-refractivity contribution in [3.05, 3.63) is 12.2 Å². The molecule has 0 heterocycles. The monoisotopic (exact) mass is 268 g/mol. The zero-order valence-electron chi connectivity index (χ0n) is 12.3. The normalized spacial score (nSPS) is 24.8. The van der Waals surface area contributed by atoms with Crippen molar-refractivity contribution < 1.29 is 19.1 Å². The van der Waals surface area contributed by atoms with Crippen molar-refractivity contribution >= 4 is 11.9 Å². The highest BCUT2D eigenvalue weighted by Crippen LogP contribution is 2.49. The van der Waals surface area contributed by atoms with E-state index in [0.717, 1.165) is 5.57 Å². The molecule has 0 amide bonds. The van der Waals surface area contributed by atoms with Crippen LogP contribution in [-0.4, -0.2) is 25.2 Å². The highest BCUT2D eigenvalue weighted by Gasteiger charge is 2.56. The summed E-state index contributed by atoms with van der Waals surface area (Å²) < 4.78 is 10.2. The van der Waals surface area contributed by atoms with Crippen LogP contribution in [0.4, 0.5) is 0 Å². The van der Waals surface area contributed by atoms with Crippen LogP contribution in [0.5, 0.6) is 0 Å². The molecule has 0 aromatic carbocycles. The molecule has 1 saturated carbocycles. The Labute approximate surface area is 115 Å². The molecule has 4 nitrogen and oxygen atoms in total. The molecular formula is C15H24O4. The van der Waals surface area contributed by atoms with Crippen LogP contribution in [0.25, 0.3) is 0 Å². The maximum absolute atomic E-state index is 12.2. The van der Waals surface area contributed by atoms with Gasteiger partial charge in [-0.1, -0.05) is 19.1 Å². The Hall–Kier alpha value is -1.32. The van der Waals surface area contributed by atoms with E-state index in [4.69, 9.17) is 9.47 Å². The Morgan fingerprint density at radius 3 is 1.95 bits per heavy atom. The van der Waals surface area contributed by atoms with Gasteiger partial charge in [0.05, 0.1) is 13.2 Å². The summed E-state index contributed by atoms with van der Waals surface area (Å²) >= 11 is 0. The number of rotatable bonds is 5. The Bertz CT molecular complexity index is 354. The fraction of sp³-hybridized carbons (Fsp3) is 0.733. The average molecular weight is 268 g/mol. The molecule has 0 aromatic rings. The molecule has 0 aromatic heterocycles. The molecular weight excluding hydrogens is 244 g/mol. The topological polar surface area (TPSA) is 52.6 Å². The van der Waals surface area contributed by atoms with Gasteiger partial charge in [0.2, 0.25) is 0 Å². The lowest BCUT2D eigenvalue weighted by molar-refractivity contribution is -0.172. The van der Waals surface area contributed by atoms with Crippen molar-refractivity contribution in [1.29, 1.82) is 0 Å². The Kier molecular flexibility index (Phi) is 5.15. The molecule has 1 fully saturated rings. The number of ether oxygens (including phenoxy) is 2. The quantitative estimate of drug-likeness (QED) is 0.437. The summed E-state index contributed by atoms with van der Waals surface area (Å²) in [5.74, 6) is -0.520. The van der Waals surface area contributed by atoms with E-state index in [2.05, 4.69) is 6.58 Å². The van der Waals surface area contributed by atoms with Crippen molar-refractivity contribution in [2.45, 2.75) is 40.5 Å². The molecule has 1 aliphatic carbocycles. The molecule has 0 bridgehead atoms. The van der Waals surface area contributed by atoms with Gasteiger partial charge >= 0.3 is 11.9 Å². The SMILES string of the molecule is C=C(C)[C@@H]1CC(C(=O)OCC)(C(=O)OCC)C[C@@H]1C. The van der Waals surface area contributed by atoms with E-state index in [0.29, 0.717) is 12.8 Å². The van der Waals surface area contributed by atoms with E-state index in [1.165, 1.54) is 0 Å². The van der Waals surface area contributed by atoms with Gasteiger partial charge in [-0.3, -0.25) is 9.59 Å². The number of hydrogen-bond acceptors (Lipinski definition) is 4. The van der Waals surface area contributed by atoms with Gasteiger partial charge in [0.15, 0.2) is 5.41 Å². The second-order valence-corrected chi connectivity index (χ2v) is 5.36. The van der Waals surface area contributed by atoms with Crippen molar-refractivity contribution in [2.75, 3.05) is 13.2 Å². The first-order chi connectivity index (χ1) is 8.89. The second-order valence-electron chi connectivity index (χ2n) is 5.36. The number of esters is 2. The fourth-order valence-corrected chi connectivity index (χ4v) is 2.97. The van der Waals surface area contributed by atoms with E-state index in [9.17, 15) is 9.59 Å². The van der Waals surface area contributed by atoms with Gasteiger partial charge in [-0.15, -0.1) is 0 Å². The molecule has 2 atom stereocenters. The maximum atomic E-state index is 12.2. The first-order valence-corrected chi connectivity index (χ1v) is 6.88. The van der Waals surface area contributed by atoms with Crippen LogP contribution < -0.4 is 0 Å². The standard InChI is InChI=1S/C15H24O4/c1-6-18-13(16)15(14(17)19-7-2)8-11(5)12(9-15)10(3)4/h11-12H,3,6-9H2,1-2,4-5H3/t11-,12-/m0/s1. The minimum atomic E-state index is -1.14. The van der Waals surface area contributed by atoms with Crippen molar-refractivity contribution in [3.63, 3.8) is 0 Å². The molecule has 0 N–H and O–H groups in total. The molecule has 1 rings (SSSR count). The fourth-order valence-electron chi connectivity index (χ4n) is 2.97. The highest BCUT2D eigenvalue weighted by molar-refractivity contribution is 6.00. The van der Waals surface area contributed by atoms with Crippen LogP contribution in [-0.2, 0) is 19.1 Å². The first kappa shape index (κ1) is 15.7. The maximum Gasteiger partial charge on any atom is 0.323 e. The molecule has 0 spiro atoms. The van der Waals surface area contributed by atoms with Crippen molar-refractivity contribution in [3.8, 4) is 0 Å². The second kappa shape index (κ2) is 6.22. The van der Waals surface area contributed by atoms with Crippen LogP contribution >= 0.6 is 0 Å². The summed E-state index contributed by atoms with van der Waals surface area (Å²) in [5, 5.41) is 0. The number of carbonyl (C=O) groups is 2. The van der Waals surface area contributed by atoms with Gasteiger partial charge in [-0.2, -0.15) is 0 Å². The summed E-state index contributed by atoms with van der Waals surface area (Å²) in [7, 11) is 0. The highest BCUT2D eigenvalue weighted by atomic mass is 16.6. The molecule has 0 saturated heterocycles. The Balaban J connectivity index is 3.05. The average Bonchev–Trinajstić information content (AvgIpc) is 2.69. The smallest absolute Gasteiger partial charge is 0.323 e. The lowest BCUT2D eigenvalue weighted by Crippen LogP contribution is -2.40. The van der Waals surface area contributed by atoms with Gasteiger partial charge in [0, 0.05) is 0 Å². The summed E-state index contributed by atoms with van der Waals surface area (Å²) in [6.45, 7) is 12.0. The Morgan fingerprint density at radius 2 is 1.63 bits per heavy atom. The largest absolute Gasteiger partial charge is 0.465 e. The summed E-state index contributed by atoms with van der Waals surface area (Å²) in [5.41, 5.74) is -0.141. The minimum absolute atomic E-state index is 0.161. The van der Waals surface area contributed by atoms with E-state index < -0.39 is 17.4 Å². The van der Waals surface area contributed by atoms with Gasteiger partial charge in [0.1, 0.15) is 0 Å². The van der Waals surface area contributed by atoms with E-state index in [1.54, 1.807) is 13.8 Å². The predicted octanol–water partition coefficient (Wildman–Crippen LogP) is 2.72. The van der Waals surface area contributed by atoms with Gasteiger partial charge in [-0.25, -0.2) is 0 Å². The minimum Gasteiger partial charge on any atom is -0.465 e. The van der Waals surface area contributed by atoms with Crippen LogP contribution in [0.1, 0.15) is 40.5 Å². The third kappa shape index (κ3) is 2.99. The number of allylic oxidation sites excluding steroid dienone is 1. The molecule has 1 aliphatic rings. The number of hydrogen-bond donors (Lipinski definition) is 0. The zero-order chi connectivity index (χ0) is 14.6. The third-order valence-corrected chi connectivity index (χ3v) is 3.89. The predicted molar refractivity (Wildman–Crippen MR) is 72.4 cm³/mol. The molecule has 0 unspecified atom stereocenters. The van der Waals surface area contributed by atoms with E-state index in [1.807, 2.05) is 13.8 Å². The van der Waals surface area contributed by atoms with E-state index in [-0.39, 0.29) is 25.0 Å². The van der Waals surface area contributed by atoms with E-state index >= 15 is 0 Å². The molecule has 0 aliphatic heterocycles. The Morgan fingerprint density at radius 1 is 1.16 bits per heavy atom. The third-order valence-electron chi connectivity index (χ3n) is 3.89. The molecule has 0 radical (unpaired) electrons.